The van der Waals surface area contributed by atoms with Crippen molar-refractivity contribution < 1.29 is 14.3 Å². The van der Waals surface area contributed by atoms with Crippen molar-refractivity contribution >= 4 is 17.5 Å². The van der Waals surface area contributed by atoms with E-state index in [-0.39, 0.29) is 11.8 Å². The minimum atomic E-state index is -1.21. The zero-order chi connectivity index (χ0) is 17.6. The first-order valence-electron chi connectivity index (χ1n) is 7.56. The van der Waals surface area contributed by atoms with Crippen LogP contribution in [0.2, 0.25) is 0 Å². The first kappa shape index (κ1) is 17.5. The van der Waals surface area contributed by atoms with Crippen LogP contribution < -0.4 is 15.4 Å². The summed E-state index contributed by atoms with van der Waals surface area (Å²) in [5, 5.41) is 5.52. The third-order valence-electron chi connectivity index (χ3n) is 3.67. The highest BCUT2D eigenvalue weighted by molar-refractivity contribution is 6.09. The molecule has 0 saturated carbocycles. The maximum atomic E-state index is 12.5. The van der Waals surface area contributed by atoms with Gasteiger partial charge in [0.2, 0.25) is 11.8 Å². The summed E-state index contributed by atoms with van der Waals surface area (Å²) in [4.78, 5) is 28.8. The smallest absolute Gasteiger partial charge is 0.239 e. The standard InChI is InChI=1S/C18H21N3O3/c1-18(2,16(22)20-12-13-7-9-19-10-8-13)17(23)21-14-5-4-6-15(11-14)24-3/h4-11H,12H2,1-3H3,(H,20,22)(H,21,23). The second-order valence-corrected chi connectivity index (χ2v) is 5.85. The van der Waals surface area contributed by atoms with Crippen molar-refractivity contribution in [3.8, 4) is 5.75 Å². The maximum absolute atomic E-state index is 12.5. The van der Waals surface area contributed by atoms with Crippen LogP contribution in [0, 0.1) is 5.41 Å². The van der Waals surface area contributed by atoms with Crippen LogP contribution in [0.3, 0.4) is 0 Å². The Morgan fingerprint density at radius 3 is 2.50 bits per heavy atom. The second-order valence-electron chi connectivity index (χ2n) is 5.85. The molecule has 1 aromatic carbocycles. The molecule has 0 atom stereocenters. The van der Waals surface area contributed by atoms with Crippen molar-refractivity contribution in [3.63, 3.8) is 0 Å². The number of hydrogen-bond acceptors (Lipinski definition) is 4. The minimum Gasteiger partial charge on any atom is -0.497 e. The molecule has 2 N–H and O–H groups in total. The Balaban J connectivity index is 1.99. The molecule has 0 saturated heterocycles. The lowest BCUT2D eigenvalue weighted by molar-refractivity contribution is -0.138. The molecule has 1 aromatic heterocycles. The van der Waals surface area contributed by atoms with E-state index >= 15 is 0 Å². The molecule has 0 unspecified atom stereocenters. The zero-order valence-electron chi connectivity index (χ0n) is 14.0. The van der Waals surface area contributed by atoms with E-state index < -0.39 is 5.41 Å². The van der Waals surface area contributed by atoms with Gasteiger partial charge in [0.15, 0.2) is 0 Å². The predicted octanol–water partition coefficient (Wildman–Crippen LogP) is 2.37. The van der Waals surface area contributed by atoms with E-state index in [1.807, 2.05) is 12.1 Å². The number of ether oxygens (including phenoxy) is 1. The quantitative estimate of drug-likeness (QED) is 0.798. The lowest BCUT2D eigenvalue weighted by Crippen LogP contribution is -2.44. The Bertz CT molecular complexity index is 714. The van der Waals surface area contributed by atoms with E-state index in [0.717, 1.165) is 5.56 Å². The minimum absolute atomic E-state index is 0.344. The van der Waals surface area contributed by atoms with E-state index in [9.17, 15) is 9.59 Å². The first-order valence-corrected chi connectivity index (χ1v) is 7.56. The Morgan fingerprint density at radius 2 is 1.83 bits per heavy atom. The molecule has 2 amide bonds. The van der Waals surface area contributed by atoms with E-state index in [1.165, 1.54) is 0 Å². The largest absolute Gasteiger partial charge is 0.497 e. The van der Waals surface area contributed by atoms with Gasteiger partial charge in [-0.3, -0.25) is 14.6 Å². The number of hydrogen-bond donors (Lipinski definition) is 2. The Kier molecular flexibility index (Phi) is 5.52. The summed E-state index contributed by atoms with van der Waals surface area (Å²) in [6.07, 6.45) is 3.31. The van der Waals surface area contributed by atoms with Crippen molar-refractivity contribution in [2.45, 2.75) is 20.4 Å². The van der Waals surface area contributed by atoms with Crippen molar-refractivity contribution in [2.75, 3.05) is 12.4 Å². The maximum Gasteiger partial charge on any atom is 0.239 e. The molecule has 0 spiro atoms. The number of anilines is 1. The van der Waals surface area contributed by atoms with Gasteiger partial charge in [0.1, 0.15) is 11.2 Å². The molecule has 0 aliphatic heterocycles. The van der Waals surface area contributed by atoms with Gasteiger partial charge in [0, 0.05) is 30.7 Å². The molecule has 24 heavy (non-hydrogen) atoms. The summed E-state index contributed by atoms with van der Waals surface area (Å²) in [7, 11) is 1.55. The van der Waals surface area contributed by atoms with Crippen LogP contribution in [-0.4, -0.2) is 23.9 Å². The van der Waals surface area contributed by atoms with E-state index in [0.29, 0.717) is 18.0 Å². The number of amides is 2. The van der Waals surface area contributed by atoms with Crippen LogP contribution in [0.15, 0.2) is 48.8 Å². The molecular formula is C18H21N3O3. The number of carbonyl (C=O) groups excluding carboxylic acids is 2. The summed E-state index contributed by atoms with van der Waals surface area (Å²) in [6.45, 7) is 3.52. The third-order valence-corrected chi connectivity index (χ3v) is 3.67. The number of aromatic nitrogens is 1. The van der Waals surface area contributed by atoms with Gasteiger partial charge in [-0.25, -0.2) is 0 Å². The summed E-state index contributed by atoms with van der Waals surface area (Å²) in [5.74, 6) is -0.101. The molecule has 0 aliphatic carbocycles. The van der Waals surface area contributed by atoms with Crippen LogP contribution in [-0.2, 0) is 16.1 Å². The normalized spacial score (nSPS) is 10.8. The van der Waals surface area contributed by atoms with Crippen molar-refractivity contribution in [1.82, 2.24) is 10.3 Å². The molecule has 0 bridgehead atoms. The van der Waals surface area contributed by atoms with Crippen molar-refractivity contribution in [1.29, 1.82) is 0 Å². The molecule has 0 radical (unpaired) electrons. The molecule has 126 valence electrons. The van der Waals surface area contributed by atoms with E-state index in [1.54, 1.807) is 57.6 Å². The fourth-order valence-corrected chi connectivity index (χ4v) is 2.00. The summed E-state index contributed by atoms with van der Waals surface area (Å²) < 4.78 is 5.12. The Labute approximate surface area is 141 Å². The highest BCUT2D eigenvalue weighted by Gasteiger charge is 2.35. The molecule has 6 heteroatoms. The molecular weight excluding hydrogens is 306 g/mol. The molecule has 2 aromatic rings. The fourth-order valence-electron chi connectivity index (χ4n) is 2.00. The fraction of sp³-hybridized carbons (Fsp3) is 0.278. The third kappa shape index (κ3) is 4.32. The number of nitrogens with zero attached hydrogens (tertiary/aromatic N) is 1. The topological polar surface area (TPSA) is 80.3 Å². The number of carbonyl (C=O) groups is 2. The summed E-state index contributed by atoms with van der Waals surface area (Å²) in [5.41, 5.74) is 0.285. The van der Waals surface area contributed by atoms with Gasteiger partial charge in [0.05, 0.1) is 7.11 Å². The first-order chi connectivity index (χ1) is 11.4. The summed E-state index contributed by atoms with van der Waals surface area (Å²) >= 11 is 0. The van der Waals surface area contributed by atoms with Gasteiger partial charge < -0.3 is 15.4 Å². The van der Waals surface area contributed by atoms with Crippen molar-refractivity contribution in [3.05, 3.63) is 54.4 Å². The van der Waals surface area contributed by atoms with Crippen LogP contribution in [0.5, 0.6) is 5.75 Å². The SMILES string of the molecule is COc1cccc(NC(=O)C(C)(C)C(=O)NCc2ccncc2)c1. The molecule has 1 heterocycles. The molecule has 2 rings (SSSR count). The summed E-state index contributed by atoms with van der Waals surface area (Å²) in [6, 6.07) is 10.6. The average molecular weight is 327 g/mol. The lowest BCUT2D eigenvalue weighted by atomic mass is 9.91. The van der Waals surface area contributed by atoms with Gasteiger partial charge in [-0.15, -0.1) is 0 Å². The number of methoxy groups -OCH3 is 1. The highest BCUT2D eigenvalue weighted by atomic mass is 16.5. The van der Waals surface area contributed by atoms with Gasteiger partial charge in [0.25, 0.3) is 0 Å². The van der Waals surface area contributed by atoms with Gasteiger partial charge in [-0.1, -0.05) is 6.07 Å². The van der Waals surface area contributed by atoms with Crippen LogP contribution >= 0.6 is 0 Å². The molecule has 6 nitrogen and oxygen atoms in total. The van der Waals surface area contributed by atoms with Crippen molar-refractivity contribution in [2.24, 2.45) is 5.41 Å². The van der Waals surface area contributed by atoms with Gasteiger partial charge in [-0.05, 0) is 43.7 Å². The van der Waals surface area contributed by atoms with E-state index in [2.05, 4.69) is 15.6 Å². The number of benzene rings is 1. The van der Waals surface area contributed by atoms with E-state index in [4.69, 9.17) is 4.74 Å². The average Bonchev–Trinajstić information content (AvgIpc) is 2.60. The number of nitrogens with one attached hydrogen (secondary N) is 2. The van der Waals surface area contributed by atoms with Crippen LogP contribution in [0.4, 0.5) is 5.69 Å². The Hall–Kier alpha value is -2.89. The monoisotopic (exact) mass is 327 g/mol. The number of rotatable bonds is 6. The second kappa shape index (κ2) is 7.59. The number of pyridine rings is 1. The lowest BCUT2D eigenvalue weighted by Gasteiger charge is -2.23. The molecule has 0 aliphatic rings. The van der Waals surface area contributed by atoms with Gasteiger partial charge >= 0.3 is 0 Å². The van der Waals surface area contributed by atoms with Crippen LogP contribution in [0.1, 0.15) is 19.4 Å². The van der Waals surface area contributed by atoms with Crippen LogP contribution in [0.25, 0.3) is 0 Å². The predicted molar refractivity (Wildman–Crippen MR) is 91.5 cm³/mol. The van der Waals surface area contributed by atoms with Gasteiger partial charge in [-0.2, -0.15) is 0 Å². The Morgan fingerprint density at radius 1 is 1.12 bits per heavy atom. The molecule has 0 fully saturated rings. The highest BCUT2D eigenvalue weighted by Crippen LogP contribution is 2.22. The zero-order valence-corrected chi connectivity index (χ0v) is 14.0.